The Bertz CT molecular complexity index is 299. The van der Waals surface area contributed by atoms with E-state index >= 15 is 0 Å². The van der Waals surface area contributed by atoms with Gasteiger partial charge in [-0.05, 0) is 24.1 Å². The third kappa shape index (κ3) is 2.77. The van der Waals surface area contributed by atoms with Crippen molar-refractivity contribution in [2.45, 2.75) is 32.2 Å². The van der Waals surface area contributed by atoms with Crippen molar-refractivity contribution < 1.29 is 8.78 Å². The minimum absolute atomic E-state index is 0.190. The Kier molecular flexibility index (Phi) is 4.01. The molecule has 14 heavy (non-hydrogen) atoms. The molecule has 1 aromatic carbocycles. The van der Waals surface area contributed by atoms with Crippen molar-refractivity contribution in [3.8, 4) is 0 Å². The molecule has 0 aliphatic heterocycles. The molecule has 0 spiro atoms. The summed E-state index contributed by atoms with van der Waals surface area (Å²) in [6.07, 6.45) is 2.86. The van der Waals surface area contributed by atoms with Gasteiger partial charge in [0.15, 0.2) is 11.6 Å². The Labute approximate surface area is 82.9 Å². The molecular formula is C11H15F2N. The Morgan fingerprint density at radius 2 is 2.00 bits per heavy atom. The van der Waals surface area contributed by atoms with Gasteiger partial charge in [0.05, 0.1) is 0 Å². The van der Waals surface area contributed by atoms with Gasteiger partial charge in [0.25, 0.3) is 0 Å². The molecule has 2 N–H and O–H groups in total. The Morgan fingerprint density at radius 3 is 2.57 bits per heavy atom. The highest BCUT2D eigenvalue weighted by atomic mass is 19.2. The second-order valence-electron chi connectivity index (χ2n) is 3.42. The van der Waals surface area contributed by atoms with Crippen molar-refractivity contribution >= 4 is 0 Å². The molecule has 0 fully saturated rings. The molecule has 0 radical (unpaired) electrons. The summed E-state index contributed by atoms with van der Waals surface area (Å²) in [5, 5.41) is 0. The van der Waals surface area contributed by atoms with E-state index in [2.05, 4.69) is 6.92 Å². The first-order valence-electron chi connectivity index (χ1n) is 4.85. The molecule has 3 heteroatoms. The quantitative estimate of drug-likeness (QED) is 0.792. The van der Waals surface area contributed by atoms with E-state index in [1.165, 1.54) is 6.07 Å². The maximum absolute atomic E-state index is 12.8. The van der Waals surface area contributed by atoms with Crippen LogP contribution in [0.5, 0.6) is 0 Å². The van der Waals surface area contributed by atoms with Gasteiger partial charge in [-0.3, -0.25) is 0 Å². The molecule has 78 valence electrons. The molecule has 0 unspecified atom stereocenters. The van der Waals surface area contributed by atoms with Gasteiger partial charge >= 0.3 is 0 Å². The van der Waals surface area contributed by atoms with Crippen LogP contribution in [0.1, 0.15) is 37.8 Å². The molecule has 1 rings (SSSR count). The number of nitrogens with two attached hydrogens (primary N) is 1. The number of benzene rings is 1. The first-order chi connectivity index (χ1) is 6.65. The summed E-state index contributed by atoms with van der Waals surface area (Å²) in [4.78, 5) is 0. The minimum atomic E-state index is -0.825. The fourth-order valence-electron chi connectivity index (χ4n) is 1.33. The lowest BCUT2D eigenvalue weighted by atomic mass is 10.0. The summed E-state index contributed by atoms with van der Waals surface area (Å²) < 4.78 is 25.4. The molecule has 0 amide bonds. The van der Waals surface area contributed by atoms with Crippen LogP contribution in [0, 0.1) is 11.6 Å². The van der Waals surface area contributed by atoms with Crippen molar-refractivity contribution in [1.29, 1.82) is 0 Å². The summed E-state index contributed by atoms with van der Waals surface area (Å²) in [5.74, 6) is -1.65. The van der Waals surface area contributed by atoms with E-state index in [4.69, 9.17) is 5.73 Å². The van der Waals surface area contributed by atoms with Crippen LogP contribution in [0.15, 0.2) is 18.2 Å². The Balaban J connectivity index is 2.70. The summed E-state index contributed by atoms with van der Waals surface area (Å²) in [5.41, 5.74) is 6.48. The molecule has 0 bridgehead atoms. The van der Waals surface area contributed by atoms with E-state index in [0.29, 0.717) is 5.56 Å². The van der Waals surface area contributed by atoms with Crippen molar-refractivity contribution in [2.75, 3.05) is 0 Å². The zero-order valence-corrected chi connectivity index (χ0v) is 8.26. The lowest BCUT2D eigenvalue weighted by Crippen LogP contribution is -2.10. The molecule has 1 nitrogen and oxygen atoms in total. The topological polar surface area (TPSA) is 26.0 Å². The lowest BCUT2D eigenvalue weighted by molar-refractivity contribution is 0.503. The molecule has 0 aliphatic carbocycles. The highest BCUT2D eigenvalue weighted by molar-refractivity contribution is 5.20. The minimum Gasteiger partial charge on any atom is -0.324 e. The maximum atomic E-state index is 12.8. The summed E-state index contributed by atoms with van der Waals surface area (Å²) >= 11 is 0. The molecular weight excluding hydrogens is 184 g/mol. The molecule has 0 aliphatic rings. The van der Waals surface area contributed by atoms with Crippen molar-refractivity contribution in [2.24, 2.45) is 5.73 Å². The van der Waals surface area contributed by atoms with Gasteiger partial charge in [-0.2, -0.15) is 0 Å². The van der Waals surface area contributed by atoms with Gasteiger partial charge < -0.3 is 5.73 Å². The summed E-state index contributed by atoms with van der Waals surface area (Å²) in [6.45, 7) is 2.07. The van der Waals surface area contributed by atoms with Gasteiger partial charge in [-0.25, -0.2) is 8.78 Å². The van der Waals surface area contributed by atoms with Gasteiger partial charge in [0.1, 0.15) is 0 Å². The first kappa shape index (κ1) is 11.1. The number of halogens is 2. The van der Waals surface area contributed by atoms with Gasteiger partial charge in [0, 0.05) is 6.04 Å². The first-order valence-corrected chi connectivity index (χ1v) is 4.85. The molecule has 1 atom stereocenters. The molecule has 0 saturated carbocycles. The summed E-state index contributed by atoms with van der Waals surface area (Å²) in [6, 6.07) is 3.65. The highest BCUT2D eigenvalue weighted by Crippen LogP contribution is 2.18. The third-order valence-electron chi connectivity index (χ3n) is 2.24. The summed E-state index contributed by atoms with van der Waals surface area (Å²) in [7, 11) is 0. The lowest BCUT2D eigenvalue weighted by Gasteiger charge is -2.11. The Morgan fingerprint density at radius 1 is 1.29 bits per heavy atom. The predicted octanol–water partition coefficient (Wildman–Crippen LogP) is 3.15. The molecule has 0 saturated heterocycles. The van der Waals surface area contributed by atoms with Crippen LogP contribution in [0.2, 0.25) is 0 Å². The number of hydrogen-bond donors (Lipinski definition) is 1. The van der Waals surface area contributed by atoms with E-state index < -0.39 is 11.6 Å². The monoisotopic (exact) mass is 199 g/mol. The zero-order valence-electron chi connectivity index (χ0n) is 8.26. The highest BCUT2D eigenvalue weighted by Gasteiger charge is 2.08. The van der Waals surface area contributed by atoms with E-state index in [1.54, 1.807) is 6.07 Å². The van der Waals surface area contributed by atoms with Gasteiger partial charge in [-0.1, -0.05) is 25.8 Å². The fourth-order valence-corrected chi connectivity index (χ4v) is 1.33. The second-order valence-corrected chi connectivity index (χ2v) is 3.42. The Hall–Kier alpha value is -0.960. The normalized spacial score (nSPS) is 12.9. The van der Waals surface area contributed by atoms with E-state index in [1.807, 2.05) is 0 Å². The molecule has 0 aromatic heterocycles. The maximum Gasteiger partial charge on any atom is 0.159 e. The average molecular weight is 199 g/mol. The van der Waals surface area contributed by atoms with Crippen molar-refractivity contribution in [3.63, 3.8) is 0 Å². The molecule has 1 aromatic rings. The standard InChI is InChI=1S/C11H15F2N/c1-2-3-4-11(14)8-5-6-9(12)10(13)7-8/h5-7,11H,2-4,14H2,1H3/t11-/m0/s1. The van der Waals surface area contributed by atoms with Crippen LogP contribution in [0.3, 0.4) is 0 Å². The van der Waals surface area contributed by atoms with Gasteiger partial charge in [-0.15, -0.1) is 0 Å². The van der Waals surface area contributed by atoms with Crippen LogP contribution in [0.25, 0.3) is 0 Å². The van der Waals surface area contributed by atoms with E-state index in [0.717, 1.165) is 25.3 Å². The van der Waals surface area contributed by atoms with Crippen molar-refractivity contribution in [1.82, 2.24) is 0 Å². The zero-order chi connectivity index (χ0) is 10.6. The van der Waals surface area contributed by atoms with Gasteiger partial charge in [0.2, 0.25) is 0 Å². The van der Waals surface area contributed by atoms with Crippen LogP contribution in [-0.2, 0) is 0 Å². The SMILES string of the molecule is CCCC[C@H](N)c1ccc(F)c(F)c1. The van der Waals surface area contributed by atoms with Crippen LogP contribution in [0.4, 0.5) is 8.78 Å². The number of hydrogen-bond acceptors (Lipinski definition) is 1. The van der Waals surface area contributed by atoms with Crippen LogP contribution >= 0.6 is 0 Å². The van der Waals surface area contributed by atoms with Crippen LogP contribution < -0.4 is 5.73 Å². The number of unbranched alkanes of at least 4 members (excludes halogenated alkanes) is 1. The average Bonchev–Trinajstić information content (AvgIpc) is 2.18. The third-order valence-corrected chi connectivity index (χ3v) is 2.24. The largest absolute Gasteiger partial charge is 0.324 e. The smallest absolute Gasteiger partial charge is 0.159 e. The molecule has 0 heterocycles. The fraction of sp³-hybridized carbons (Fsp3) is 0.455. The van der Waals surface area contributed by atoms with E-state index in [-0.39, 0.29) is 6.04 Å². The van der Waals surface area contributed by atoms with E-state index in [9.17, 15) is 8.78 Å². The number of rotatable bonds is 4. The van der Waals surface area contributed by atoms with Crippen molar-refractivity contribution in [3.05, 3.63) is 35.4 Å². The second kappa shape index (κ2) is 5.05. The predicted molar refractivity (Wildman–Crippen MR) is 52.8 cm³/mol. The van der Waals surface area contributed by atoms with Crippen LogP contribution in [-0.4, -0.2) is 0 Å².